The van der Waals surface area contributed by atoms with Gasteiger partial charge in [-0.2, -0.15) is 0 Å². The molecule has 0 aliphatic carbocycles. The van der Waals surface area contributed by atoms with Gasteiger partial charge < -0.3 is 24.3 Å². The molecule has 110 valence electrons. The lowest BCUT2D eigenvalue weighted by atomic mass is 10.3. The van der Waals surface area contributed by atoms with E-state index < -0.39 is 0 Å². The summed E-state index contributed by atoms with van der Waals surface area (Å²) in [5.74, 6) is 0. The van der Waals surface area contributed by atoms with Crippen molar-refractivity contribution in [3.05, 3.63) is 0 Å². The molecule has 0 aliphatic rings. The van der Waals surface area contributed by atoms with Gasteiger partial charge in [0.2, 0.25) is 0 Å². The third-order valence-corrected chi connectivity index (χ3v) is 2.40. The Morgan fingerprint density at radius 2 is 1.17 bits per heavy atom. The maximum atomic E-state index is 5.37. The van der Waals surface area contributed by atoms with Crippen LogP contribution < -0.4 is 5.32 Å². The predicted molar refractivity (Wildman–Crippen MR) is 72.1 cm³/mol. The number of unbranched alkanes of at least 4 members (excludes halogenated alkanes) is 1. The molecule has 0 heterocycles. The van der Waals surface area contributed by atoms with Crippen LogP contribution >= 0.6 is 0 Å². The van der Waals surface area contributed by atoms with Crippen LogP contribution in [0.25, 0.3) is 0 Å². The van der Waals surface area contributed by atoms with Gasteiger partial charge in [-0.15, -0.1) is 0 Å². The highest BCUT2D eigenvalue weighted by Crippen LogP contribution is 1.89. The van der Waals surface area contributed by atoms with Crippen LogP contribution in [0.1, 0.15) is 19.3 Å². The van der Waals surface area contributed by atoms with E-state index in [9.17, 15) is 0 Å². The molecule has 0 saturated carbocycles. The van der Waals surface area contributed by atoms with Crippen molar-refractivity contribution in [1.82, 2.24) is 5.32 Å². The lowest BCUT2D eigenvalue weighted by molar-refractivity contribution is 0.0679. The van der Waals surface area contributed by atoms with Crippen molar-refractivity contribution in [2.24, 2.45) is 0 Å². The molecule has 0 spiro atoms. The molecule has 5 nitrogen and oxygen atoms in total. The van der Waals surface area contributed by atoms with Crippen LogP contribution in [0.15, 0.2) is 0 Å². The molecule has 0 aromatic rings. The summed E-state index contributed by atoms with van der Waals surface area (Å²) < 4.78 is 20.5. The van der Waals surface area contributed by atoms with E-state index in [0.29, 0.717) is 26.4 Å². The summed E-state index contributed by atoms with van der Waals surface area (Å²) in [6.45, 7) is 6.43. The van der Waals surface area contributed by atoms with Gasteiger partial charge in [0.25, 0.3) is 0 Å². The molecule has 1 N–H and O–H groups in total. The average molecular weight is 263 g/mol. The zero-order chi connectivity index (χ0) is 13.3. The maximum Gasteiger partial charge on any atom is 0.0700 e. The van der Waals surface area contributed by atoms with Crippen LogP contribution in [-0.2, 0) is 18.9 Å². The number of ether oxygens (including phenoxy) is 4. The van der Waals surface area contributed by atoms with E-state index in [1.165, 1.54) is 0 Å². The Labute approximate surface area is 111 Å². The lowest BCUT2D eigenvalue weighted by Gasteiger charge is -2.06. The van der Waals surface area contributed by atoms with Crippen LogP contribution in [-0.4, -0.2) is 67.0 Å². The minimum atomic E-state index is 0.677. The fraction of sp³-hybridized carbons (Fsp3) is 1.00. The fourth-order valence-corrected chi connectivity index (χ4v) is 1.37. The molecule has 0 aromatic heterocycles. The molecule has 0 rings (SSSR count). The maximum absolute atomic E-state index is 5.37. The summed E-state index contributed by atoms with van der Waals surface area (Å²) >= 11 is 0. The first-order valence-electron chi connectivity index (χ1n) is 6.76. The van der Waals surface area contributed by atoms with Crippen molar-refractivity contribution in [3.8, 4) is 0 Å². The van der Waals surface area contributed by atoms with Crippen molar-refractivity contribution in [1.29, 1.82) is 0 Å². The van der Waals surface area contributed by atoms with E-state index >= 15 is 0 Å². The summed E-state index contributed by atoms with van der Waals surface area (Å²) in [6.07, 6.45) is 3.30. The van der Waals surface area contributed by atoms with Crippen LogP contribution in [0, 0.1) is 0 Å². The summed E-state index contributed by atoms with van der Waals surface area (Å²) in [6, 6.07) is 0. The van der Waals surface area contributed by atoms with Gasteiger partial charge >= 0.3 is 0 Å². The van der Waals surface area contributed by atoms with Crippen LogP contribution in [0.5, 0.6) is 0 Å². The molecule has 0 bridgehead atoms. The smallest absolute Gasteiger partial charge is 0.0700 e. The van der Waals surface area contributed by atoms with Gasteiger partial charge in [-0.3, -0.25) is 0 Å². The van der Waals surface area contributed by atoms with E-state index in [1.807, 2.05) is 0 Å². The second kappa shape index (κ2) is 16.8. The van der Waals surface area contributed by atoms with Crippen LogP contribution in [0.4, 0.5) is 0 Å². The van der Waals surface area contributed by atoms with Crippen molar-refractivity contribution >= 4 is 0 Å². The molecule has 0 atom stereocenters. The number of nitrogens with one attached hydrogen (secondary N) is 1. The van der Waals surface area contributed by atoms with Crippen molar-refractivity contribution < 1.29 is 18.9 Å². The monoisotopic (exact) mass is 263 g/mol. The second-order valence-corrected chi connectivity index (χ2v) is 4.02. The summed E-state index contributed by atoms with van der Waals surface area (Å²) in [5.41, 5.74) is 0. The van der Waals surface area contributed by atoms with Gasteiger partial charge in [0.05, 0.1) is 26.4 Å². The van der Waals surface area contributed by atoms with Gasteiger partial charge in [-0.1, -0.05) is 0 Å². The van der Waals surface area contributed by atoms with E-state index in [1.54, 1.807) is 14.2 Å². The van der Waals surface area contributed by atoms with Crippen molar-refractivity contribution in [2.75, 3.05) is 67.0 Å². The Morgan fingerprint density at radius 3 is 1.78 bits per heavy atom. The zero-order valence-electron chi connectivity index (χ0n) is 11.9. The summed E-state index contributed by atoms with van der Waals surface area (Å²) in [5, 5.41) is 3.39. The van der Waals surface area contributed by atoms with Gasteiger partial charge in [-0.05, 0) is 32.4 Å². The third-order valence-electron chi connectivity index (χ3n) is 2.40. The summed E-state index contributed by atoms with van der Waals surface area (Å²) in [4.78, 5) is 0. The molecular formula is C13H29NO4. The molecule has 18 heavy (non-hydrogen) atoms. The highest BCUT2D eigenvalue weighted by atomic mass is 16.5. The van der Waals surface area contributed by atoms with Crippen LogP contribution in [0.2, 0.25) is 0 Å². The second-order valence-electron chi connectivity index (χ2n) is 4.02. The zero-order valence-corrected chi connectivity index (χ0v) is 11.9. The van der Waals surface area contributed by atoms with E-state index in [2.05, 4.69) is 5.32 Å². The van der Waals surface area contributed by atoms with Gasteiger partial charge in [0.15, 0.2) is 0 Å². The minimum Gasteiger partial charge on any atom is -0.382 e. The first-order chi connectivity index (χ1) is 8.91. The molecule has 0 amide bonds. The quantitative estimate of drug-likeness (QED) is 0.448. The fourth-order valence-electron chi connectivity index (χ4n) is 1.37. The molecule has 0 aliphatic heterocycles. The highest BCUT2D eigenvalue weighted by Gasteiger charge is 1.92. The number of methoxy groups -OCH3 is 2. The molecule has 0 fully saturated rings. The Morgan fingerprint density at radius 1 is 0.611 bits per heavy atom. The predicted octanol–water partition coefficient (Wildman–Crippen LogP) is 1.07. The first-order valence-corrected chi connectivity index (χ1v) is 6.76. The topological polar surface area (TPSA) is 49.0 Å². The molecule has 0 unspecified atom stereocenters. The number of hydrogen-bond donors (Lipinski definition) is 1. The van der Waals surface area contributed by atoms with Gasteiger partial charge in [-0.25, -0.2) is 0 Å². The van der Waals surface area contributed by atoms with Crippen molar-refractivity contribution in [3.63, 3.8) is 0 Å². The number of rotatable bonds is 15. The standard InChI is InChI=1S/C13H29NO4/c1-15-10-12-17-8-4-3-6-14-7-5-9-18-13-11-16-2/h14H,3-13H2,1-2H3. The SMILES string of the molecule is COCCOCCCCNCCCOCCOC. The van der Waals surface area contributed by atoms with Gasteiger partial charge in [0, 0.05) is 27.4 Å². The minimum absolute atomic E-state index is 0.677. The Bertz CT molecular complexity index is 131. The molecule has 0 aromatic carbocycles. The highest BCUT2D eigenvalue weighted by molar-refractivity contribution is 4.48. The van der Waals surface area contributed by atoms with E-state index in [0.717, 1.165) is 45.6 Å². The summed E-state index contributed by atoms with van der Waals surface area (Å²) in [7, 11) is 3.37. The average Bonchev–Trinajstić information content (AvgIpc) is 2.39. The van der Waals surface area contributed by atoms with Gasteiger partial charge in [0.1, 0.15) is 0 Å². The molecule has 0 saturated heterocycles. The van der Waals surface area contributed by atoms with Crippen LogP contribution in [0.3, 0.4) is 0 Å². The Balaban J connectivity index is 2.86. The largest absolute Gasteiger partial charge is 0.382 e. The lowest BCUT2D eigenvalue weighted by Crippen LogP contribution is -2.19. The number of hydrogen-bond acceptors (Lipinski definition) is 5. The first kappa shape index (κ1) is 17.8. The van der Waals surface area contributed by atoms with E-state index in [-0.39, 0.29) is 0 Å². The normalized spacial score (nSPS) is 11.0. The molecular weight excluding hydrogens is 234 g/mol. The molecule has 5 heteroatoms. The Hall–Kier alpha value is -0.200. The van der Waals surface area contributed by atoms with Crippen molar-refractivity contribution in [2.45, 2.75) is 19.3 Å². The Kier molecular flexibility index (Phi) is 16.6. The third kappa shape index (κ3) is 15.8. The molecule has 0 radical (unpaired) electrons. The van der Waals surface area contributed by atoms with E-state index in [4.69, 9.17) is 18.9 Å².